The molecule has 2 heterocycles. The molecule has 0 bridgehead atoms. The molecule has 0 unspecified atom stereocenters. The number of urea groups is 1. The number of anilines is 3. The first-order chi connectivity index (χ1) is 22.4. The number of fused-ring (bicyclic) bond motifs is 1. The Morgan fingerprint density at radius 1 is 0.804 bits per heavy atom. The van der Waals surface area contributed by atoms with Crippen LogP contribution in [0.1, 0.15) is 26.3 Å². The molecule has 11 nitrogen and oxygen atoms in total. The third-order valence-corrected chi connectivity index (χ3v) is 7.98. The first-order valence-electron chi connectivity index (χ1n) is 15.0. The van der Waals surface area contributed by atoms with Crippen molar-refractivity contribution in [2.24, 2.45) is 0 Å². The van der Waals surface area contributed by atoms with E-state index in [0.29, 0.717) is 72.5 Å². The molecule has 0 spiro atoms. The molecule has 0 aromatic heterocycles. The molecular formula is C35H35N5O6. The van der Waals surface area contributed by atoms with Gasteiger partial charge in [0.1, 0.15) is 5.75 Å². The van der Waals surface area contributed by atoms with Crippen LogP contribution in [0.3, 0.4) is 0 Å². The summed E-state index contributed by atoms with van der Waals surface area (Å²) in [6.07, 6.45) is 0. The van der Waals surface area contributed by atoms with Gasteiger partial charge in [-0.2, -0.15) is 0 Å². The van der Waals surface area contributed by atoms with Crippen molar-refractivity contribution in [1.82, 2.24) is 9.80 Å². The van der Waals surface area contributed by atoms with Crippen molar-refractivity contribution in [1.29, 1.82) is 0 Å². The fourth-order valence-electron chi connectivity index (χ4n) is 5.46. The molecule has 4 amide bonds. The Balaban J connectivity index is 1.19. The van der Waals surface area contributed by atoms with E-state index < -0.39 is 0 Å². The van der Waals surface area contributed by atoms with Gasteiger partial charge in [0.05, 0.1) is 12.7 Å². The molecule has 6 rings (SSSR count). The summed E-state index contributed by atoms with van der Waals surface area (Å²) in [6, 6.07) is 27.1. The number of carbonyl (C=O) groups excluding carboxylic acids is 3. The second kappa shape index (κ2) is 13.5. The maximum atomic E-state index is 13.9. The van der Waals surface area contributed by atoms with Crippen molar-refractivity contribution in [3.05, 3.63) is 108 Å². The summed E-state index contributed by atoms with van der Waals surface area (Å²) in [4.78, 5) is 45.6. The SMILES string of the molecule is COc1ccc(NC(=O)N2CCN(c3ccc(NC(=O)c4ccc5c(c4)OCO5)cc3C(=O)N(C)Cc3ccccc3)CC2)cc1. The van der Waals surface area contributed by atoms with E-state index in [9.17, 15) is 14.4 Å². The van der Waals surface area contributed by atoms with E-state index in [1.54, 1.807) is 78.6 Å². The first kappa shape index (κ1) is 30.3. The van der Waals surface area contributed by atoms with E-state index >= 15 is 0 Å². The molecule has 0 atom stereocenters. The summed E-state index contributed by atoms with van der Waals surface area (Å²) >= 11 is 0. The van der Waals surface area contributed by atoms with Crippen molar-refractivity contribution in [3.8, 4) is 17.2 Å². The largest absolute Gasteiger partial charge is 0.497 e. The number of piperazine rings is 1. The number of rotatable bonds is 8. The van der Waals surface area contributed by atoms with E-state index in [0.717, 1.165) is 11.3 Å². The molecule has 0 radical (unpaired) electrons. The molecule has 4 aromatic carbocycles. The second-order valence-corrected chi connectivity index (χ2v) is 11.0. The zero-order valence-electron chi connectivity index (χ0n) is 25.7. The van der Waals surface area contributed by atoms with E-state index in [1.165, 1.54) is 0 Å². The lowest BCUT2D eigenvalue weighted by atomic mass is 10.1. The van der Waals surface area contributed by atoms with Gasteiger partial charge in [-0.1, -0.05) is 30.3 Å². The highest BCUT2D eigenvalue weighted by atomic mass is 16.7. The Kier molecular flexibility index (Phi) is 8.91. The minimum absolute atomic E-state index is 0.117. The molecule has 236 valence electrons. The molecule has 46 heavy (non-hydrogen) atoms. The van der Waals surface area contributed by atoms with Crippen LogP contribution < -0.4 is 29.7 Å². The topological polar surface area (TPSA) is 113 Å². The highest BCUT2D eigenvalue weighted by Gasteiger charge is 2.26. The number of methoxy groups -OCH3 is 1. The maximum absolute atomic E-state index is 13.9. The Morgan fingerprint density at radius 3 is 2.26 bits per heavy atom. The van der Waals surface area contributed by atoms with Crippen LogP contribution in [0.5, 0.6) is 17.2 Å². The quantitative estimate of drug-likeness (QED) is 0.275. The van der Waals surface area contributed by atoms with Gasteiger partial charge in [0.25, 0.3) is 11.8 Å². The van der Waals surface area contributed by atoms with Gasteiger partial charge in [-0.25, -0.2) is 4.79 Å². The number of hydrogen-bond acceptors (Lipinski definition) is 7. The van der Waals surface area contributed by atoms with Crippen LogP contribution in [0, 0.1) is 0 Å². The van der Waals surface area contributed by atoms with Crippen LogP contribution in [0.25, 0.3) is 0 Å². The van der Waals surface area contributed by atoms with Gasteiger partial charge in [-0.05, 0) is 66.2 Å². The highest BCUT2D eigenvalue weighted by molar-refractivity contribution is 6.06. The minimum Gasteiger partial charge on any atom is -0.497 e. The average Bonchev–Trinajstić information content (AvgIpc) is 3.57. The van der Waals surface area contributed by atoms with Gasteiger partial charge in [0, 0.05) is 62.4 Å². The zero-order valence-corrected chi connectivity index (χ0v) is 25.7. The molecule has 0 aliphatic carbocycles. The summed E-state index contributed by atoms with van der Waals surface area (Å²) < 4.78 is 16.0. The summed E-state index contributed by atoms with van der Waals surface area (Å²) in [5, 5.41) is 5.86. The van der Waals surface area contributed by atoms with Gasteiger partial charge in [-0.15, -0.1) is 0 Å². The van der Waals surface area contributed by atoms with Gasteiger partial charge < -0.3 is 39.5 Å². The standard InChI is InChI=1S/C35H35N5O6/c1-38(22-24-6-4-3-5-7-24)34(42)29-21-27(36-33(41)25-8-15-31-32(20-25)46-23-45-31)11-14-30(29)39-16-18-40(19-17-39)35(43)37-26-9-12-28(44-2)13-10-26/h3-15,20-21H,16-19,22-23H2,1-2H3,(H,36,41)(H,37,43). The Bertz CT molecular complexity index is 1720. The van der Waals surface area contributed by atoms with Gasteiger partial charge >= 0.3 is 6.03 Å². The van der Waals surface area contributed by atoms with Crippen LogP contribution in [0.15, 0.2) is 91.0 Å². The summed E-state index contributed by atoms with van der Waals surface area (Å²) in [7, 11) is 3.36. The number of hydrogen-bond donors (Lipinski definition) is 2. The molecule has 1 saturated heterocycles. The van der Waals surface area contributed by atoms with Crippen LogP contribution in [-0.2, 0) is 6.54 Å². The summed E-state index contributed by atoms with van der Waals surface area (Å²) in [5.74, 6) is 1.30. The van der Waals surface area contributed by atoms with Crippen LogP contribution in [-0.4, -0.2) is 74.8 Å². The van der Waals surface area contributed by atoms with Crippen LogP contribution in [0.2, 0.25) is 0 Å². The highest BCUT2D eigenvalue weighted by Crippen LogP contribution is 2.33. The predicted molar refractivity (Wildman–Crippen MR) is 175 cm³/mol. The molecule has 2 aliphatic heterocycles. The van der Waals surface area contributed by atoms with Crippen molar-refractivity contribution < 1.29 is 28.6 Å². The van der Waals surface area contributed by atoms with Crippen molar-refractivity contribution in [3.63, 3.8) is 0 Å². The first-order valence-corrected chi connectivity index (χ1v) is 15.0. The monoisotopic (exact) mass is 621 g/mol. The van der Waals surface area contributed by atoms with Crippen molar-refractivity contribution >= 4 is 34.9 Å². The normalized spacial score (nSPS) is 13.6. The third-order valence-electron chi connectivity index (χ3n) is 7.98. The maximum Gasteiger partial charge on any atom is 0.321 e. The lowest BCUT2D eigenvalue weighted by Gasteiger charge is -2.37. The summed E-state index contributed by atoms with van der Waals surface area (Å²) in [6.45, 7) is 2.54. The Hall–Kier alpha value is -5.71. The molecule has 0 saturated carbocycles. The number of ether oxygens (including phenoxy) is 3. The minimum atomic E-state index is -0.335. The van der Waals surface area contributed by atoms with E-state index in [4.69, 9.17) is 14.2 Å². The summed E-state index contributed by atoms with van der Waals surface area (Å²) in [5.41, 5.74) is 3.77. The number of nitrogens with one attached hydrogen (secondary N) is 2. The average molecular weight is 622 g/mol. The van der Waals surface area contributed by atoms with Crippen molar-refractivity contribution in [2.75, 3.05) is 62.7 Å². The number of amides is 4. The smallest absolute Gasteiger partial charge is 0.321 e. The molecule has 1 fully saturated rings. The van der Waals surface area contributed by atoms with E-state index in [2.05, 4.69) is 15.5 Å². The molecule has 2 aliphatic rings. The van der Waals surface area contributed by atoms with Crippen molar-refractivity contribution in [2.45, 2.75) is 6.54 Å². The fourth-order valence-corrected chi connectivity index (χ4v) is 5.46. The molecule has 4 aromatic rings. The van der Waals surface area contributed by atoms with Crippen LogP contribution in [0.4, 0.5) is 21.9 Å². The van der Waals surface area contributed by atoms with Gasteiger partial charge in [0.2, 0.25) is 6.79 Å². The lowest BCUT2D eigenvalue weighted by Crippen LogP contribution is -2.50. The molecule has 2 N–H and O–H groups in total. The number of nitrogens with zero attached hydrogens (tertiary/aromatic N) is 3. The Labute approximate surface area is 267 Å². The van der Waals surface area contributed by atoms with E-state index in [-0.39, 0.29) is 24.6 Å². The molecular weight excluding hydrogens is 586 g/mol. The molecule has 11 heteroatoms. The number of benzene rings is 4. The number of carbonyl (C=O) groups is 3. The van der Waals surface area contributed by atoms with Gasteiger partial charge in [0.15, 0.2) is 11.5 Å². The second-order valence-electron chi connectivity index (χ2n) is 11.0. The van der Waals surface area contributed by atoms with Crippen LogP contribution >= 0.6 is 0 Å². The Morgan fingerprint density at radius 2 is 1.52 bits per heavy atom. The third kappa shape index (κ3) is 6.83. The lowest BCUT2D eigenvalue weighted by molar-refractivity contribution is 0.0785. The fraction of sp³-hybridized carbons (Fsp3) is 0.229. The zero-order chi connectivity index (χ0) is 32.0. The predicted octanol–water partition coefficient (Wildman–Crippen LogP) is 5.30. The van der Waals surface area contributed by atoms with Gasteiger partial charge in [-0.3, -0.25) is 9.59 Å². The van der Waals surface area contributed by atoms with E-state index in [1.807, 2.05) is 36.4 Å².